The van der Waals surface area contributed by atoms with Crippen LogP contribution in [0.3, 0.4) is 0 Å². The lowest BCUT2D eigenvalue weighted by Gasteiger charge is -2.23. The highest BCUT2D eigenvalue weighted by atomic mass is 19.4. The van der Waals surface area contributed by atoms with Crippen molar-refractivity contribution in [2.45, 2.75) is 71.0 Å². The van der Waals surface area contributed by atoms with Gasteiger partial charge in [-0.05, 0) is 67.3 Å². The molecule has 0 amide bonds. The molecule has 1 fully saturated rings. The number of nitrogens with one attached hydrogen (secondary N) is 3. The summed E-state index contributed by atoms with van der Waals surface area (Å²) in [6.45, 7) is 6.78. The van der Waals surface area contributed by atoms with Crippen LogP contribution in [0.25, 0.3) is 22.5 Å². The van der Waals surface area contributed by atoms with Crippen molar-refractivity contribution >= 4 is 28.3 Å². The summed E-state index contributed by atoms with van der Waals surface area (Å²) in [5, 5.41) is 22.5. The predicted molar refractivity (Wildman–Crippen MR) is 127 cm³/mol. The molecule has 2 aromatic heterocycles. The van der Waals surface area contributed by atoms with Crippen molar-refractivity contribution in [1.82, 2.24) is 15.2 Å². The number of aromatic nitrogens is 3. The lowest BCUT2D eigenvalue weighted by molar-refractivity contribution is -0.115. The summed E-state index contributed by atoms with van der Waals surface area (Å²) in [6.07, 6.45) is -1.08. The van der Waals surface area contributed by atoms with Crippen LogP contribution in [0, 0.1) is 12.3 Å². The molecule has 7 nitrogen and oxygen atoms in total. The quantitative estimate of drug-likeness (QED) is 0.405. The molecular weight excluding hydrogens is 445 g/mol. The maximum Gasteiger partial charge on any atom is 0.405 e. The van der Waals surface area contributed by atoms with Crippen molar-refractivity contribution in [3.8, 4) is 11.6 Å². The monoisotopic (exact) mass is 474 g/mol. The number of aryl methyl sites for hydroxylation is 1. The topological polar surface area (TPSA) is 99.7 Å². The van der Waals surface area contributed by atoms with Gasteiger partial charge < -0.3 is 20.5 Å². The zero-order valence-corrected chi connectivity index (χ0v) is 19.7. The molecule has 1 aliphatic rings. The molecule has 0 radical (unpaired) electrons. The third kappa shape index (κ3) is 5.48. The van der Waals surface area contributed by atoms with E-state index in [0.29, 0.717) is 22.9 Å². The average Bonchev–Trinajstić information content (AvgIpc) is 3.21. The summed E-state index contributed by atoms with van der Waals surface area (Å²) in [6, 6.07) is 5.73. The third-order valence-corrected chi connectivity index (χ3v) is 5.98. The molecule has 0 atom stereocenters. The van der Waals surface area contributed by atoms with Crippen LogP contribution in [0.1, 0.15) is 57.6 Å². The summed E-state index contributed by atoms with van der Waals surface area (Å²) in [5.74, 6) is 0.273. The highest BCUT2D eigenvalue weighted by Gasteiger charge is 2.28. The molecule has 1 aromatic carbocycles. The van der Waals surface area contributed by atoms with Crippen LogP contribution in [-0.2, 0) is 5.41 Å². The molecule has 4 rings (SSSR count). The van der Waals surface area contributed by atoms with Gasteiger partial charge in [-0.2, -0.15) is 13.2 Å². The zero-order chi connectivity index (χ0) is 24.7. The van der Waals surface area contributed by atoms with Crippen molar-refractivity contribution in [2.24, 2.45) is 0 Å². The number of hydrogen-bond acceptors (Lipinski definition) is 7. The van der Waals surface area contributed by atoms with Crippen molar-refractivity contribution in [3.63, 3.8) is 0 Å². The molecule has 0 saturated heterocycles. The molecule has 182 valence electrons. The Hall–Kier alpha value is -3.17. The standard InChI is InChI=1S/C24H29F3N6O/c1-13-9-19(21-32-33-22(34-21)30-15-7-5-14(28)6-8-15)31-20-17(13)10-16(29-12-24(25,26)27)11-18(20)23(2,3)4/h9-11,15,28-29H,5-8,12H2,1-4H3,(H,30,33). The van der Waals surface area contributed by atoms with Gasteiger partial charge in [0.15, 0.2) is 0 Å². The normalized spacial score (nSPS) is 17.3. The Balaban J connectivity index is 1.67. The van der Waals surface area contributed by atoms with Crippen LogP contribution in [0.2, 0.25) is 0 Å². The molecule has 0 aliphatic heterocycles. The molecule has 0 bridgehead atoms. The number of rotatable bonds is 5. The summed E-state index contributed by atoms with van der Waals surface area (Å²) in [4.78, 5) is 4.79. The van der Waals surface area contributed by atoms with Crippen LogP contribution in [-0.4, -0.2) is 39.7 Å². The molecular formula is C24H29F3N6O. The van der Waals surface area contributed by atoms with E-state index in [9.17, 15) is 13.2 Å². The molecule has 3 aromatic rings. The van der Waals surface area contributed by atoms with E-state index in [1.807, 2.05) is 33.8 Å². The first-order chi connectivity index (χ1) is 15.9. The number of nitrogens with zero attached hydrogens (tertiary/aromatic N) is 3. The molecule has 1 saturated carbocycles. The third-order valence-electron chi connectivity index (χ3n) is 5.98. The minimum absolute atomic E-state index is 0.184. The Kier molecular flexibility index (Phi) is 6.26. The van der Waals surface area contributed by atoms with E-state index in [1.165, 1.54) is 0 Å². The maximum absolute atomic E-state index is 12.8. The Bertz CT molecular complexity index is 1200. The molecule has 0 unspecified atom stereocenters. The van der Waals surface area contributed by atoms with Crippen LogP contribution in [0.5, 0.6) is 0 Å². The van der Waals surface area contributed by atoms with E-state index in [1.54, 1.807) is 12.1 Å². The van der Waals surface area contributed by atoms with E-state index in [0.717, 1.165) is 47.9 Å². The largest absolute Gasteiger partial charge is 0.405 e. The summed E-state index contributed by atoms with van der Waals surface area (Å²) in [7, 11) is 0. The van der Waals surface area contributed by atoms with Crippen LogP contribution < -0.4 is 10.6 Å². The molecule has 34 heavy (non-hydrogen) atoms. The minimum Gasteiger partial charge on any atom is -0.402 e. The molecule has 1 aliphatic carbocycles. The van der Waals surface area contributed by atoms with Crippen LogP contribution in [0.4, 0.5) is 24.9 Å². The molecule has 10 heteroatoms. The van der Waals surface area contributed by atoms with Crippen LogP contribution >= 0.6 is 0 Å². The fourth-order valence-corrected chi connectivity index (χ4v) is 4.15. The van der Waals surface area contributed by atoms with Gasteiger partial charge in [0.2, 0.25) is 0 Å². The second-order valence-electron chi connectivity index (χ2n) is 9.90. The minimum atomic E-state index is -4.31. The van der Waals surface area contributed by atoms with E-state index < -0.39 is 12.7 Å². The maximum atomic E-state index is 12.8. The summed E-state index contributed by atoms with van der Waals surface area (Å²) < 4.78 is 44.1. The first kappa shape index (κ1) is 24.0. The lowest BCUT2D eigenvalue weighted by atomic mass is 9.84. The van der Waals surface area contributed by atoms with Crippen LogP contribution in [0.15, 0.2) is 22.6 Å². The van der Waals surface area contributed by atoms with Crippen molar-refractivity contribution in [2.75, 3.05) is 17.2 Å². The van der Waals surface area contributed by atoms with Gasteiger partial charge in [0.25, 0.3) is 5.89 Å². The van der Waals surface area contributed by atoms with Gasteiger partial charge in [-0.25, -0.2) is 4.98 Å². The molecule has 2 heterocycles. The predicted octanol–water partition coefficient (Wildman–Crippen LogP) is 6.24. The molecule has 3 N–H and O–H groups in total. The number of benzene rings is 1. The van der Waals surface area contributed by atoms with E-state index in [2.05, 4.69) is 20.8 Å². The van der Waals surface area contributed by atoms with Gasteiger partial charge in [0.05, 0.1) is 5.52 Å². The van der Waals surface area contributed by atoms with Gasteiger partial charge in [-0.15, -0.1) is 5.10 Å². The SMILES string of the molecule is Cc1cc(-c2nnc(NC3CCC(=N)CC3)o2)nc2c(C(C)(C)C)cc(NCC(F)(F)F)cc12. The summed E-state index contributed by atoms with van der Waals surface area (Å²) >= 11 is 0. The number of anilines is 2. The average molecular weight is 475 g/mol. The van der Waals surface area contributed by atoms with Gasteiger partial charge in [0.1, 0.15) is 12.2 Å². The Morgan fingerprint density at radius 2 is 1.79 bits per heavy atom. The first-order valence-electron chi connectivity index (χ1n) is 11.3. The highest BCUT2D eigenvalue weighted by molar-refractivity contribution is 5.91. The Labute approximate surface area is 196 Å². The highest BCUT2D eigenvalue weighted by Crippen LogP contribution is 2.35. The van der Waals surface area contributed by atoms with E-state index in [-0.39, 0.29) is 17.3 Å². The van der Waals surface area contributed by atoms with Crippen molar-refractivity contribution in [1.29, 1.82) is 5.41 Å². The summed E-state index contributed by atoms with van der Waals surface area (Å²) in [5.41, 5.74) is 3.68. The number of hydrogen-bond donors (Lipinski definition) is 3. The van der Waals surface area contributed by atoms with Gasteiger partial charge >= 0.3 is 12.2 Å². The second-order valence-corrected chi connectivity index (χ2v) is 9.90. The molecule has 0 spiro atoms. The number of halogens is 3. The van der Waals surface area contributed by atoms with Crippen molar-refractivity contribution < 1.29 is 17.6 Å². The van der Waals surface area contributed by atoms with Gasteiger partial charge in [-0.3, -0.25) is 0 Å². The number of alkyl halides is 3. The fraction of sp³-hybridized carbons (Fsp3) is 0.500. The zero-order valence-electron chi connectivity index (χ0n) is 19.7. The van der Waals surface area contributed by atoms with Crippen molar-refractivity contribution in [3.05, 3.63) is 29.3 Å². The first-order valence-corrected chi connectivity index (χ1v) is 11.3. The van der Waals surface area contributed by atoms with E-state index >= 15 is 0 Å². The number of fused-ring (bicyclic) bond motifs is 1. The Morgan fingerprint density at radius 3 is 2.44 bits per heavy atom. The number of pyridine rings is 1. The smallest absolute Gasteiger partial charge is 0.402 e. The Morgan fingerprint density at radius 1 is 1.09 bits per heavy atom. The fourth-order valence-electron chi connectivity index (χ4n) is 4.15. The second kappa shape index (κ2) is 8.88. The van der Waals surface area contributed by atoms with Gasteiger partial charge in [-0.1, -0.05) is 25.9 Å². The van der Waals surface area contributed by atoms with E-state index in [4.69, 9.17) is 14.8 Å². The lowest BCUT2D eigenvalue weighted by Crippen LogP contribution is -2.25. The van der Waals surface area contributed by atoms with Gasteiger partial charge in [0, 0.05) is 22.8 Å².